The van der Waals surface area contributed by atoms with Crippen LogP contribution in [0.25, 0.3) is 0 Å². The molecule has 0 spiro atoms. The quantitative estimate of drug-likeness (QED) is 0.576. The minimum atomic E-state index is -0.690. The van der Waals surface area contributed by atoms with E-state index in [-0.39, 0.29) is 17.2 Å². The van der Waals surface area contributed by atoms with Crippen molar-refractivity contribution in [1.29, 1.82) is 0 Å². The van der Waals surface area contributed by atoms with Crippen LogP contribution in [0.2, 0.25) is 5.02 Å². The lowest BCUT2D eigenvalue weighted by Crippen LogP contribution is -2.02. The van der Waals surface area contributed by atoms with Gasteiger partial charge in [0, 0.05) is 5.56 Å². The normalized spacial score (nSPS) is 10.3. The number of nitrogens with two attached hydrogens (primary N) is 1. The standard InChI is InChI=1S/C7H6ClF2NO/c8-7-4(3-12-11)5(9)1-2-6(7)10/h1-2H,3,11H2. The first-order valence-electron chi connectivity index (χ1n) is 3.11. The van der Waals surface area contributed by atoms with Crippen molar-refractivity contribution in [3.63, 3.8) is 0 Å². The summed E-state index contributed by atoms with van der Waals surface area (Å²) in [5, 5.41) is -0.291. The van der Waals surface area contributed by atoms with Gasteiger partial charge in [-0.1, -0.05) is 11.6 Å². The summed E-state index contributed by atoms with van der Waals surface area (Å²) in [7, 11) is 0. The second kappa shape index (κ2) is 3.80. The van der Waals surface area contributed by atoms with Gasteiger partial charge >= 0.3 is 0 Å². The lowest BCUT2D eigenvalue weighted by atomic mass is 10.2. The van der Waals surface area contributed by atoms with E-state index in [1.54, 1.807) is 0 Å². The number of benzene rings is 1. The molecule has 0 bridgehead atoms. The van der Waals surface area contributed by atoms with Gasteiger partial charge in [-0.3, -0.25) is 4.84 Å². The van der Waals surface area contributed by atoms with E-state index in [0.717, 1.165) is 12.1 Å². The second-order valence-corrected chi connectivity index (χ2v) is 2.51. The molecule has 1 aromatic rings. The van der Waals surface area contributed by atoms with Gasteiger partial charge in [0.15, 0.2) is 0 Å². The van der Waals surface area contributed by atoms with Gasteiger partial charge in [-0.15, -0.1) is 0 Å². The van der Waals surface area contributed by atoms with Gasteiger partial charge < -0.3 is 0 Å². The van der Waals surface area contributed by atoms with Crippen molar-refractivity contribution in [3.05, 3.63) is 34.4 Å². The number of halogens is 3. The monoisotopic (exact) mass is 193 g/mol. The van der Waals surface area contributed by atoms with Gasteiger partial charge in [0.2, 0.25) is 0 Å². The van der Waals surface area contributed by atoms with Gasteiger partial charge in [-0.2, -0.15) is 0 Å². The fourth-order valence-electron chi connectivity index (χ4n) is 0.785. The zero-order valence-electron chi connectivity index (χ0n) is 5.98. The molecule has 0 aliphatic heterocycles. The predicted octanol–water partition coefficient (Wildman–Crippen LogP) is 2.01. The van der Waals surface area contributed by atoms with Crippen LogP contribution < -0.4 is 5.90 Å². The Bertz CT molecular complexity index is 293. The Hall–Kier alpha value is -0.710. The first-order chi connectivity index (χ1) is 5.66. The molecular formula is C7H6ClF2NO. The summed E-state index contributed by atoms with van der Waals surface area (Å²) in [4.78, 5) is 4.15. The number of hydrogen-bond donors (Lipinski definition) is 1. The molecule has 66 valence electrons. The first-order valence-corrected chi connectivity index (χ1v) is 3.48. The van der Waals surface area contributed by atoms with Crippen LogP contribution in [0.4, 0.5) is 8.78 Å². The fraction of sp³-hybridized carbons (Fsp3) is 0.143. The topological polar surface area (TPSA) is 35.2 Å². The van der Waals surface area contributed by atoms with E-state index in [1.807, 2.05) is 0 Å². The average molecular weight is 194 g/mol. The molecule has 2 N–H and O–H groups in total. The Labute approximate surface area is 72.8 Å². The van der Waals surface area contributed by atoms with Crippen molar-refractivity contribution in [1.82, 2.24) is 0 Å². The molecule has 0 radical (unpaired) electrons. The first kappa shape index (κ1) is 9.38. The summed E-state index contributed by atoms with van der Waals surface area (Å²) in [6, 6.07) is 1.91. The molecule has 0 atom stereocenters. The van der Waals surface area contributed by atoms with Crippen molar-refractivity contribution in [2.75, 3.05) is 0 Å². The molecule has 0 aromatic heterocycles. The van der Waals surface area contributed by atoms with Crippen LogP contribution in [0, 0.1) is 11.6 Å². The second-order valence-electron chi connectivity index (χ2n) is 2.13. The molecule has 0 amide bonds. The minimum Gasteiger partial charge on any atom is -0.300 e. The highest BCUT2D eigenvalue weighted by Crippen LogP contribution is 2.22. The molecule has 0 aliphatic carbocycles. The van der Waals surface area contributed by atoms with Gasteiger partial charge in [-0.25, -0.2) is 14.7 Å². The lowest BCUT2D eigenvalue weighted by molar-refractivity contribution is 0.121. The maximum atomic E-state index is 12.8. The van der Waals surface area contributed by atoms with E-state index in [2.05, 4.69) is 4.84 Å². The molecule has 0 saturated heterocycles. The summed E-state index contributed by atoms with van der Waals surface area (Å²) >= 11 is 5.43. The molecule has 0 unspecified atom stereocenters. The summed E-state index contributed by atoms with van der Waals surface area (Å²) in [6.45, 7) is -0.248. The number of rotatable bonds is 2. The Balaban J connectivity index is 3.14. The molecule has 1 aromatic carbocycles. The highest BCUT2D eigenvalue weighted by molar-refractivity contribution is 6.31. The third kappa shape index (κ3) is 1.72. The van der Waals surface area contributed by atoms with Crippen LogP contribution in [0.1, 0.15) is 5.56 Å². The molecule has 1 rings (SSSR count). The maximum absolute atomic E-state index is 12.8. The maximum Gasteiger partial charge on any atom is 0.142 e. The SMILES string of the molecule is NOCc1c(F)ccc(F)c1Cl. The van der Waals surface area contributed by atoms with Crippen LogP contribution >= 0.6 is 11.6 Å². The van der Waals surface area contributed by atoms with E-state index in [0.29, 0.717) is 0 Å². The van der Waals surface area contributed by atoms with Crippen molar-refractivity contribution >= 4 is 11.6 Å². The van der Waals surface area contributed by atoms with E-state index < -0.39 is 11.6 Å². The van der Waals surface area contributed by atoms with Gasteiger partial charge in [0.1, 0.15) is 11.6 Å². The van der Waals surface area contributed by atoms with Gasteiger partial charge in [0.25, 0.3) is 0 Å². The Kier molecular flexibility index (Phi) is 2.97. The molecule has 0 aliphatic rings. The minimum absolute atomic E-state index is 0.0702. The zero-order chi connectivity index (χ0) is 9.14. The third-order valence-corrected chi connectivity index (χ3v) is 1.78. The van der Waals surface area contributed by atoms with Crippen LogP contribution in [-0.2, 0) is 11.4 Å². The lowest BCUT2D eigenvalue weighted by Gasteiger charge is -2.03. The molecule has 0 saturated carbocycles. The van der Waals surface area contributed by atoms with Crippen LogP contribution in [0.15, 0.2) is 12.1 Å². The smallest absolute Gasteiger partial charge is 0.142 e. The van der Waals surface area contributed by atoms with Crippen LogP contribution in [-0.4, -0.2) is 0 Å². The summed E-state index contributed by atoms with van der Waals surface area (Å²) < 4.78 is 25.5. The Morgan fingerprint density at radius 3 is 2.50 bits per heavy atom. The van der Waals surface area contributed by atoms with Gasteiger partial charge in [0.05, 0.1) is 11.6 Å². The molecule has 5 heteroatoms. The van der Waals surface area contributed by atoms with Crippen LogP contribution in [0.5, 0.6) is 0 Å². The predicted molar refractivity (Wildman–Crippen MR) is 40.3 cm³/mol. The van der Waals surface area contributed by atoms with E-state index in [9.17, 15) is 8.78 Å². The van der Waals surface area contributed by atoms with E-state index in [1.165, 1.54) is 0 Å². The summed E-state index contributed by atoms with van der Waals surface area (Å²) in [5.41, 5.74) is -0.0702. The van der Waals surface area contributed by atoms with Crippen LogP contribution in [0.3, 0.4) is 0 Å². The van der Waals surface area contributed by atoms with E-state index >= 15 is 0 Å². The number of hydrogen-bond acceptors (Lipinski definition) is 2. The molecular weight excluding hydrogens is 188 g/mol. The summed E-state index contributed by atoms with van der Waals surface area (Å²) in [5.74, 6) is 3.38. The van der Waals surface area contributed by atoms with Crippen molar-refractivity contribution in [2.45, 2.75) is 6.61 Å². The Morgan fingerprint density at radius 2 is 1.92 bits per heavy atom. The third-order valence-electron chi connectivity index (χ3n) is 1.37. The molecule has 0 heterocycles. The fourth-order valence-corrected chi connectivity index (χ4v) is 0.993. The van der Waals surface area contributed by atoms with Crippen molar-refractivity contribution in [3.8, 4) is 0 Å². The zero-order valence-corrected chi connectivity index (χ0v) is 6.74. The highest BCUT2D eigenvalue weighted by Gasteiger charge is 2.11. The molecule has 2 nitrogen and oxygen atoms in total. The highest BCUT2D eigenvalue weighted by atomic mass is 35.5. The van der Waals surface area contributed by atoms with Gasteiger partial charge in [-0.05, 0) is 12.1 Å². The largest absolute Gasteiger partial charge is 0.300 e. The van der Waals surface area contributed by atoms with E-state index in [4.69, 9.17) is 17.5 Å². The Morgan fingerprint density at radius 1 is 1.33 bits per heavy atom. The average Bonchev–Trinajstić information content (AvgIpc) is 2.06. The molecule has 0 fully saturated rings. The van der Waals surface area contributed by atoms with Crippen molar-refractivity contribution < 1.29 is 13.6 Å². The summed E-state index contributed by atoms with van der Waals surface area (Å²) in [6.07, 6.45) is 0. The van der Waals surface area contributed by atoms with Crippen molar-refractivity contribution in [2.24, 2.45) is 5.90 Å². The molecule has 12 heavy (non-hydrogen) atoms.